The van der Waals surface area contributed by atoms with Crippen molar-refractivity contribution < 1.29 is 19.0 Å². The molecule has 0 unspecified atom stereocenters. The smallest absolute Gasteiger partial charge is 0.240 e. The molecule has 1 fully saturated rings. The zero-order valence-corrected chi connectivity index (χ0v) is 18.1. The molecule has 5 rings (SSSR count). The van der Waals surface area contributed by atoms with Crippen molar-refractivity contribution in [3.05, 3.63) is 42.0 Å². The lowest BCUT2D eigenvalue weighted by molar-refractivity contribution is -0.117. The van der Waals surface area contributed by atoms with E-state index in [1.54, 1.807) is 7.11 Å². The summed E-state index contributed by atoms with van der Waals surface area (Å²) >= 11 is 1.46. The van der Waals surface area contributed by atoms with Crippen LogP contribution in [0.1, 0.15) is 5.56 Å². The van der Waals surface area contributed by atoms with Crippen molar-refractivity contribution in [2.45, 2.75) is 6.54 Å². The first-order valence-electron chi connectivity index (χ1n) is 10.2. The fourth-order valence-electron chi connectivity index (χ4n) is 3.85. The van der Waals surface area contributed by atoms with Gasteiger partial charge in [0.1, 0.15) is 5.75 Å². The van der Waals surface area contributed by atoms with E-state index < -0.39 is 0 Å². The van der Waals surface area contributed by atoms with Crippen molar-refractivity contribution in [2.24, 2.45) is 0 Å². The molecule has 0 radical (unpaired) electrons. The summed E-state index contributed by atoms with van der Waals surface area (Å²) in [6.07, 6.45) is 0. The Morgan fingerprint density at radius 1 is 1.10 bits per heavy atom. The topological polar surface area (TPSA) is 76.2 Å². The van der Waals surface area contributed by atoms with Gasteiger partial charge in [-0.25, -0.2) is 4.98 Å². The van der Waals surface area contributed by atoms with Crippen LogP contribution in [0.5, 0.6) is 17.2 Å². The van der Waals surface area contributed by atoms with E-state index in [-0.39, 0.29) is 5.91 Å². The lowest BCUT2D eigenvalue weighted by atomic mass is 10.1. The summed E-state index contributed by atoms with van der Waals surface area (Å²) in [5.74, 6) is 2.39. The highest BCUT2D eigenvalue weighted by Gasteiger charge is 2.21. The van der Waals surface area contributed by atoms with Gasteiger partial charge in [-0.15, -0.1) is 0 Å². The van der Waals surface area contributed by atoms with Crippen molar-refractivity contribution in [3.8, 4) is 17.2 Å². The zero-order valence-electron chi connectivity index (χ0n) is 17.3. The maximum atomic E-state index is 12.5. The third kappa shape index (κ3) is 4.58. The number of piperazine rings is 1. The number of anilines is 1. The molecule has 3 aromatic rings. The van der Waals surface area contributed by atoms with Gasteiger partial charge in [-0.1, -0.05) is 17.4 Å². The molecule has 2 aromatic carbocycles. The van der Waals surface area contributed by atoms with Gasteiger partial charge in [-0.2, -0.15) is 0 Å². The Hall–Kier alpha value is -2.88. The first-order valence-corrected chi connectivity index (χ1v) is 11.1. The molecular weight excluding hydrogens is 416 g/mol. The number of benzene rings is 2. The molecule has 31 heavy (non-hydrogen) atoms. The normalized spacial score (nSPS) is 16.5. The van der Waals surface area contributed by atoms with Crippen molar-refractivity contribution in [3.63, 3.8) is 0 Å². The minimum atomic E-state index is -0.0322. The summed E-state index contributed by atoms with van der Waals surface area (Å²) in [5.41, 5.74) is 2.07. The second-order valence-corrected chi connectivity index (χ2v) is 8.67. The monoisotopic (exact) mass is 440 g/mol. The summed E-state index contributed by atoms with van der Waals surface area (Å²) in [4.78, 5) is 21.6. The van der Waals surface area contributed by atoms with Gasteiger partial charge in [0.15, 0.2) is 16.6 Å². The Morgan fingerprint density at radius 3 is 2.74 bits per heavy atom. The van der Waals surface area contributed by atoms with Crippen molar-refractivity contribution >= 4 is 32.6 Å². The molecule has 1 aromatic heterocycles. The molecule has 0 aliphatic carbocycles. The third-order valence-corrected chi connectivity index (χ3v) is 6.45. The van der Waals surface area contributed by atoms with E-state index in [1.165, 1.54) is 16.9 Å². The molecule has 0 bridgehead atoms. The van der Waals surface area contributed by atoms with Gasteiger partial charge in [0.2, 0.25) is 12.7 Å². The standard InChI is InChI=1S/C22H24N4O4S/c1-28-16-3-4-17-20(11-16)31-22(23-17)24-21(27)13-26-8-6-25(7-9-26)12-15-2-5-18-19(10-15)30-14-29-18/h2-5,10-11H,6-9,12-14H2,1H3,(H,23,24,27). The van der Waals surface area contributed by atoms with E-state index >= 15 is 0 Å². The predicted octanol–water partition coefficient (Wildman–Crippen LogP) is 2.79. The summed E-state index contributed by atoms with van der Waals surface area (Å²) in [6.45, 7) is 5.09. The van der Waals surface area contributed by atoms with Gasteiger partial charge in [0, 0.05) is 32.7 Å². The number of hydrogen-bond acceptors (Lipinski definition) is 8. The van der Waals surface area contributed by atoms with Gasteiger partial charge < -0.3 is 19.5 Å². The molecular formula is C22H24N4O4S. The molecule has 1 N–H and O–H groups in total. The molecule has 0 saturated carbocycles. The highest BCUT2D eigenvalue weighted by molar-refractivity contribution is 7.22. The van der Waals surface area contributed by atoms with Crippen LogP contribution in [0.25, 0.3) is 10.2 Å². The number of ether oxygens (including phenoxy) is 3. The fraction of sp³-hybridized carbons (Fsp3) is 0.364. The van der Waals surface area contributed by atoms with Crippen LogP contribution in [0, 0.1) is 0 Å². The SMILES string of the molecule is COc1ccc2nc(NC(=O)CN3CCN(Cc4ccc5c(c4)OCO5)CC3)sc2c1. The number of aromatic nitrogens is 1. The number of carbonyl (C=O) groups excluding carboxylic acids is 1. The van der Waals surface area contributed by atoms with Crippen LogP contribution in [0.3, 0.4) is 0 Å². The summed E-state index contributed by atoms with van der Waals surface area (Å²) < 4.78 is 17.1. The second kappa shape index (κ2) is 8.70. The number of carbonyl (C=O) groups is 1. The van der Waals surface area contributed by atoms with Crippen LogP contribution >= 0.6 is 11.3 Å². The molecule has 9 heteroatoms. The highest BCUT2D eigenvalue weighted by atomic mass is 32.1. The summed E-state index contributed by atoms with van der Waals surface area (Å²) in [7, 11) is 1.64. The minimum Gasteiger partial charge on any atom is -0.497 e. The van der Waals surface area contributed by atoms with Crippen molar-refractivity contribution in [1.29, 1.82) is 0 Å². The molecule has 0 atom stereocenters. The zero-order chi connectivity index (χ0) is 21.2. The van der Waals surface area contributed by atoms with Crippen LogP contribution < -0.4 is 19.5 Å². The number of nitrogens with zero attached hydrogens (tertiary/aromatic N) is 3. The maximum Gasteiger partial charge on any atom is 0.240 e. The minimum absolute atomic E-state index is 0.0322. The molecule has 3 heterocycles. The lowest BCUT2D eigenvalue weighted by Gasteiger charge is -2.34. The Bertz CT molecular complexity index is 1090. The van der Waals surface area contributed by atoms with Gasteiger partial charge in [-0.3, -0.25) is 14.6 Å². The maximum absolute atomic E-state index is 12.5. The predicted molar refractivity (Wildman–Crippen MR) is 119 cm³/mol. The number of nitrogens with one attached hydrogen (secondary N) is 1. The van der Waals surface area contributed by atoms with Crippen LogP contribution in [0.2, 0.25) is 0 Å². The Kier molecular flexibility index (Phi) is 5.63. The molecule has 162 valence electrons. The Morgan fingerprint density at radius 2 is 1.90 bits per heavy atom. The van der Waals surface area contributed by atoms with E-state index in [4.69, 9.17) is 14.2 Å². The summed E-state index contributed by atoms with van der Waals surface area (Å²) in [6, 6.07) is 11.8. The van der Waals surface area contributed by atoms with Crippen LogP contribution in [0.4, 0.5) is 5.13 Å². The van der Waals surface area contributed by atoms with Crippen molar-refractivity contribution in [2.75, 3.05) is 51.9 Å². The first-order chi connectivity index (χ1) is 15.2. The van der Waals surface area contributed by atoms with Gasteiger partial charge in [0.05, 0.1) is 23.9 Å². The van der Waals surface area contributed by atoms with E-state index in [1.807, 2.05) is 24.3 Å². The Balaban J connectivity index is 1.10. The summed E-state index contributed by atoms with van der Waals surface area (Å²) in [5, 5.41) is 3.56. The molecule has 8 nitrogen and oxygen atoms in total. The van der Waals surface area contributed by atoms with Gasteiger partial charge in [0.25, 0.3) is 0 Å². The third-order valence-electron chi connectivity index (χ3n) is 5.52. The van der Waals surface area contributed by atoms with Gasteiger partial charge in [-0.05, 0) is 35.9 Å². The number of rotatable bonds is 6. The lowest BCUT2D eigenvalue weighted by Crippen LogP contribution is -2.48. The number of fused-ring (bicyclic) bond motifs is 2. The van der Waals surface area contributed by atoms with E-state index in [0.717, 1.165) is 60.2 Å². The molecule has 1 amide bonds. The van der Waals surface area contributed by atoms with Crippen LogP contribution in [-0.2, 0) is 11.3 Å². The van der Waals surface area contributed by atoms with Crippen LogP contribution in [0.15, 0.2) is 36.4 Å². The quantitative estimate of drug-likeness (QED) is 0.632. The van der Waals surface area contributed by atoms with Gasteiger partial charge >= 0.3 is 0 Å². The molecule has 2 aliphatic rings. The number of thiazole rings is 1. The average molecular weight is 441 g/mol. The van der Waals surface area contributed by atoms with E-state index in [9.17, 15) is 4.79 Å². The number of amides is 1. The highest BCUT2D eigenvalue weighted by Crippen LogP contribution is 2.33. The van der Waals surface area contributed by atoms with E-state index in [2.05, 4.69) is 32.2 Å². The largest absolute Gasteiger partial charge is 0.497 e. The number of hydrogen-bond donors (Lipinski definition) is 1. The fourth-order valence-corrected chi connectivity index (χ4v) is 4.76. The number of methoxy groups -OCH3 is 1. The molecule has 2 aliphatic heterocycles. The first kappa shape index (κ1) is 20.0. The molecule has 1 saturated heterocycles. The van der Waals surface area contributed by atoms with Crippen molar-refractivity contribution in [1.82, 2.24) is 14.8 Å². The average Bonchev–Trinajstić information content (AvgIpc) is 3.40. The molecule has 0 spiro atoms. The Labute approximate surface area is 184 Å². The van der Waals surface area contributed by atoms with E-state index in [0.29, 0.717) is 18.5 Å². The second-order valence-electron chi connectivity index (χ2n) is 7.64. The van der Waals surface area contributed by atoms with Crippen LogP contribution in [-0.4, -0.2) is 67.3 Å².